The molecule has 24 heavy (non-hydrogen) atoms. The van der Waals surface area contributed by atoms with Crippen LogP contribution in [0, 0.1) is 6.92 Å². The molecule has 0 saturated heterocycles. The van der Waals surface area contributed by atoms with Crippen molar-refractivity contribution in [2.75, 3.05) is 25.6 Å². The van der Waals surface area contributed by atoms with E-state index in [1.807, 2.05) is 49.4 Å². The van der Waals surface area contributed by atoms with Crippen molar-refractivity contribution in [3.05, 3.63) is 53.6 Å². The minimum absolute atomic E-state index is 0.0377. The molecule has 6 heteroatoms. The summed E-state index contributed by atoms with van der Waals surface area (Å²) in [6.45, 7) is 3.32. The monoisotopic (exact) mass is 348 g/mol. The number of benzene rings is 2. The first kappa shape index (κ1) is 16.8. The number of ether oxygens (including phenoxy) is 3. The summed E-state index contributed by atoms with van der Waals surface area (Å²) in [7, 11) is 0. The van der Waals surface area contributed by atoms with Gasteiger partial charge in [0.25, 0.3) is 0 Å². The summed E-state index contributed by atoms with van der Waals surface area (Å²) in [5.41, 5.74) is 2.05. The molecule has 1 N–H and O–H groups in total. The fraction of sp³-hybridized carbons (Fsp3) is 0.333. The van der Waals surface area contributed by atoms with E-state index in [2.05, 4.69) is 0 Å². The SMILES string of the molecule is Cc1ccccc1OCCOc1ccc2c(c1)OCC2CS(=O)O. The number of hydrogen-bond donors (Lipinski definition) is 1. The van der Waals surface area contributed by atoms with Crippen LogP contribution < -0.4 is 14.2 Å². The van der Waals surface area contributed by atoms with Crippen molar-refractivity contribution in [1.29, 1.82) is 0 Å². The lowest BCUT2D eigenvalue weighted by molar-refractivity contribution is 0.215. The van der Waals surface area contributed by atoms with Gasteiger partial charge >= 0.3 is 0 Å². The van der Waals surface area contributed by atoms with E-state index >= 15 is 0 Å². The lowest BCUT2D eigenvalue weighted by atomic mass is 10.0. The standard InChI is InChI=1S/C18H20O5S/c1-13-4-2-3-5-17(13)22-9-8-21-15-6-7-16-14(12-24(19)20)11-23-18(16)10-15/h2-7,10,14H,8-9,11-12H2,1H3,(H,19,20). The lowest BCUT2D eigenvalue weighted by Crippen LogP contribution is -2.10. The Kier molecular flexibility index (Phi) is 5.37. The summed E-state index contributed by atoms with van der Waals surface area (Å²) < 4.78 is 37.0. The number of fused-ring (bicyclic) bond motifs is 1. The van der Waals surface area contributed by atoms with Crippen LogP contribution in [0.4, 0.5) is 0 Å². The molecule has 0 aromatic heterocycles. The fourth-order valence-electron chi connectivity index (χ4n) is 2.69. The molecule has 3 rings (SSSR count). The molecule has 0 spiro atoms. The Morgan fingerprint density at radius 3 is 2.79 bits per heavy atom. The smallest absolute Gasteiger partial charge is 0.153 e. The fourth-order valence-corrected chi connectivity index (χ4v) is 3.31. The zero-order chi connectivity index (χ0) is 16.9. The highest BCUT2D eigenvalue weighted by Crippen LogP contribution is 2.36. The molecule has 0 radical (unpaired) electrons. The first-order valence-electron chi connectivity index (χ1n) is 7.79. The van der Waals surface area contributed by atoms with Crippen molar-refractivity contribution < 1.29 is 23.0 Å². The third-order valence-corrected chi connectivity index (χ3v) is 4.60. The van der Waals surface area contributed by atoms with E-state index in [1.165, 1.54) is 0 Å². The molecular weight excluding hydrogens is 328 g/mol. The minimum atomic E-state index is -1.82. The third kappa shape index (κ3) is 4.07. The molecule has 2 unspecified atom stereocenters. The van der Waals surface area contributed by atoms with Crippen LogP contribution in [-0.4, -0.2) is 34.3 Å². The Morgan fingerprint density at radius 1 is 1.21 bits per heavy atom. The minimum Gasteiger partial charge on any atom is -0.492 e. The van der Waals surface area contributed by atoms with Crippen molar-refractivity contribution in [1.82, 2.24) is 0 Å². The zero-order valence-electron chi connectivity index (χ0n) is 13.4. The van der Waals surface area contributed by atoms with Crippen LogP contribution >= 0.6 is 0 Å². The van der Waals surface area contributed by atoms with Crippen LogP contribution in [0.5, 0.6) is 17.2 Å². The molecule has 0 amide bonds. The van der Waals surface area contributed by atoms with E-state index in [0.717, 1.165) is 22.6 Å². The molecular formula is C18H20O5S. The van der Waals surface area contributed by atoms with Crippen LogP contribution in [0.25, 0.3) is 0 Å². The predicted molar refractivity (Wildman–Crippen MR) is 92.5 cm³/mol. The Bertz CT molecular complexity index is 731. The molecule has 1 aliphatic rings. The first-order chi connectivity index (χ1) is 11.6. The maximum absolute atomic E-state index is 11.0. The van der Waals surface area contributed by atoms with Crippen molar-refractivity contribution in [3.8, 4) is 17.2 Å². The van der Waals surface area contributed by atoms with Gasteiger partial charge in [-0.3, -0.25) is 0 Å². The van der Waals surface area contributed by atoms with Gasteiger partial charge in [-0.2, -0.15) is 0 Å². The van der Waals surface area contributed by atoms with Crippen molar-refractivity contribution >= 4 is 11.1 Å². The van der Waals surface area contributed by atoms with Gasteiger partial charge in [-0.15, -0.1) is 0 Å². The highest BCUT2D eigenvalue weighted by molar-refractivity contribution is 7.79. The second-order valence-electron chi connectivity index (χ2n) is 5.66. The van der Waals surface area contributed by atoms with Gasteiger partial charge in [0.1, 0.15) is 30.5 Å². The van der Waals surface area contributed by atoms with Gasteiger partial charge in [-0.1, -0.05) is 24.3 Å². The topological polar surface area (TPSA) is 65.0 Å². The summed E-state index contributed by atoms with van der Waals surface area (Å²) in [5.74, 6) is 2.44. The van der Waals surface area contributed by atoms with Crippen LogP contribution in [0.3, 0.4) is 0 Å². The average Bonchev–Trinajstić information content (AvgIpc) is 2.95. The van der Waals surface area contributed by atoms with E-state index in [-0.39, 0.29) is 11.7 Å². The second kappa shape index (κ2) is 7.68. The lowest BCUT2D eigenvalue weighted by Gasteiger charge is -2.11. The van der Waals surface area contributed by atoms with E-state index in [4.69, 9.17) is 18.8 Å². The van der Waals surface area contributed by atoms with Crippen molar-refractivity contribution in [2.24, 2.45) is 0 Å². The van der Waals surface area contributed by atoms with Gasteiger partial charge in [0, 0.05) is 17.5 Å². The van der Waals surface area contributed by atoms with Crippen LogP contribution in [0.2, 0.25) is 0 Å². The molecule has 2 atom stereocenters. The first-order valence-corrected chi connectivity index (χ1v) is 9.06. The van der Waals surface area contributed by atoms with Crippen molar-refractivity contribution in [2.45, 2.75) is 12.8 Å². The molecule has 0 fully saturated rings. The molecule has 2 aromatic carbocycles. The summed E-state index contributed by atoms with van der Waals surface area (Å²) in [6.07, 6.45) is 0. The van der Waals surface area contributed by atoms with Gasteiger partial charge in [-0.05, 0) is 24.6 Å². The summed E-state index contributed by atoms with van der Waals surface area (Å²) in [4.78, 5) is 0. The predicted octanol–water partition coefficient (Wildman–Crippen LogP) is 3.15. The summed E-state index contributed by atoms with van der Waals surface area (Å²) in [5, 5.41) is 0. The highest BCUT2D eigenvalue weighted by atomic mass is 32.2. The van der Waals surface area contributed by atoms with Crippen LogP contribution in [0.15, 0.2) is 42.5 Å². The quantitative estimate of drug-likeness (QED) is 0.615. The van der Waals surface area contributed by atoms with E-state index in [1.54, 1.807) is 0 Å². The Labute approximate surface area is 143 Å². The molecule has 0 saturated carbocycles. The molecule has 1 aliphatic heterocycles. The Balaban J connectivity index is 1.52. The third-order valence-electron chi connectivity index (χ3n) is 3.91. The molecule has 2 aromatic rings. The normalized spacial score (nSPS) is 17.0. The van der Waals surface area contributed by atoms with E-state index < -0.39 is 11.1 Å². The van der Waals surface area contributed by atoms with Gasteiger partial charge in [0.2, 0.25) is 0 Å². The van der Waals surface area contributed by atoms with Gasteiger partial charge < -0.3 is 18.8 Å². The maximum Gasteiger partial charge on any atom is 0.153 e. The molecule has 0 aliphatic carbocycles. The molecule has 1 heterocycles. The van der Waals surface area contributed by atoms with E-state index in [9.17, 15) is 4.21 Å². The van der Waals surface area contributed by atoms with E-state index in [0.29, 0.717) is 25.6 Å². The zero-order valence-corrected chi connectivity index (χ0v) is 14.3. The molecule has 5 nitrogen and oxygen atoms in total. The van der Waals surface area contributed by atoms with Gasteiger partial charge in [0.05, 0.1) is 12.4 Å². The van der Waals surface area contributed by atoms with Gasteiger partial charge in [-0.25, -0.2) is 4.21 Å². The summed E-state index contributed by atoms with van der Waals surface area (Å²) >= 11 is -1.82. The largest absolute Gasteiger partial charge is 0.492 e. The second-order valence-corrected chi connectivity index (χ2v) is 6.63. The van der Waals surface area contributed by atoms with Crippen LogP contribution in [-0.2, 0) is 11.1 Å². The summed E-state index contributed by atoms with van der Waals surface area (Å²) in [6, 6.07) is 13.4. The Morgan fingerprint density at radius 2 is 2.00 bits per heavy atom. The Hall–Kier alpha value is -2.05. The number of para-hydroxylation sites is 1. The highest BCUT2D eigenvalue weighted by Gasteiger charge is 2.26. The number of hydrogen-bond acceptors (Lipinski definition) is 4. The van der Waals surface area contributed by atoms with Gasteiger partial charge in [0.15, 0.2) is 11.1 Å². The van der Waals surface area contributed by atoms with Crippen molar-refractivity contribution in [3.63, 3.8) is 0 Å². The molecule has 128 valence electrons. The number of aryl methyl sites for hydroxylation is 1. The van der Waals surface area contributed by atoms with Crippen LogP contribution in [0.1, 0.15) is 17.0 Å². The average molecular weight is 348 g/mol. The number of rotatable bonds is 7. The maximum atomic E-state index is 11.0. The molecule has 0 bridgehead atoms.